The Hall–Kier alpha value is -2.34. The molecule has 0 spiro atoms. The first-order chi connectivity index (χ1) is 12.7. The highest BCUT2D eigenvalue weighted by Crippen LogP contribution is 2.28. The standard InChI is InChI=1S/C20H22N2O3S/c23-19(21-12-16-11-14-3-1-2-4-17(14)25-16)5-6-20(24)22-9-7-18-15(13-22)8-10-26-18/h1-4,8,10,16H,5-7,9,11-13H2,(H,21,23)/t16-/m0/s1. The number of ether oxygens (including phenoxy) is 1. The van der Waals surface area contributed by atoms with Gasteiger partial charge in [0.05, 0.1) is 6.54 Å². The molecule has 26 heavy (non-hydrogen) atoms. The lowest BCUT2D eigenvalue weighted by Gasteiger charge is -2.27. The van der Waals surface area contributed by atoms with Crippen molar-refractivity contribution in [2.24, 2.45) is 0 Å². The van der Waals surface area contributed by atoms with Crippen molar-refractivity contribution in [3.05, 3.63) is 51.7 Å². The van der Waals surface area contributed by atoms with Crippen molar-refractivity contribution >= 4 is 23.2 Å². The van der Waals surface area contributed by atoms with Crippen LogP contribution in [-0.2, 0) is 29.0 Å². The van der Waals surface area contributed by atoms with Gasteiger partial charge < -0.3 is 15.0 Å². The molecular weight excluding hydrogens is 348 g/mol. The van der Waals surface area contributed by atoms with Gasteiger partial charge in [0.15, 0.2) is 0 Å². The summed E-state index contributed by atoms with van der Waals surface area (Å²) in [6.07, 6.45) is 2.20. The van der Waals surface area contributed by atoms with Gasteiger partial charge in [0, 0.05) is 37.2 Å². The second-order valence-corrected chi connectivity index (χ2v) is 7.79. The van der Waals surface area contributed by atoms with Crippen LogP contribution in [0.15, 0.2) is 35.7 Å². The van der Waals surface area contributed by atoms with Crippen molar-refractivity contribution in [2.45, 2.75) is 38.3 Å². The molecule has 2 aliphatic heterocycles. The SMILES string of the molecule is O=C(CCC(=O)N1CCc2sccc2C1)NC[C@@H]1Cc2ccccc2O1. The Labute approximate surface area is 157 Å². The average Bonchev–Trinajstić information content (AvgIpc) is 3.29. The molecule has 3 heterocycles. The molecule has 0 unspecified atom stereocenters. The van der Waals surface area contributed by atoms with Gasteiger partial charge in [-0.15, -0.1) is 11.3 Å². The van der Waals surface area contributed by atoms with Gasteiger partial charge in [-0.1, -0.05) is 18.2 Å². The molecule has 136 valence electrons. The molecular formula is C20H22N2O3S. The summed E-state index contributed by atoms with van der Waals surface area (Å²) in [4.78, 5) is 27.7. The summed E-state index contributed by atoms with van der Waals surface area (Å²) in [5.74, 6) is 0.868. The maximum atomic E-state index is 12.4. The summed E-state index contributed by atoms with van der Waals surface area (Å²) < 4.78 is 5.81. The molecule has 2 aliphatic rings. The van der Waals surface area contributed by atoms with E-state index in [4.69, 9.17) is 4.74 Å². The van der Waals surface area contributed by atoms with Gasteiger partial charge in [-0.3, -0.25) is 9.59 Å². The van der Waals surface area contributed by atoms with Crippen LogP contribution < -0.4 is 10.1 Å². The van der Waals surface area contributed by atoms with E-state index < -0.39 is 0 Å². The zero-order valence-electron chi connectivity index (χ0n) is 14.6. The fourth-order valence-electron chi connectivity index (χ4n) is 3.52. The highest BCUT2D eigenvalue weighted by Gasteiger charge is 2.24. The maximum Gasteiger partial charge on any atom is 0.223 e. The lowest BCUT2D eigenvalue weighted by molar-refractivity contribution is -0.134. The average molecular weight is 370 g/mol. The maximum absolute atomic E-state index is 12.4. The van der Waals surface area contributed by atoms with Crippen molar-refractivity contribution in [1.29, 1.82) is 0 Å². The molecule has 0 radical (unpaired) electrons. The first kappa shape index (κ1) is 17.1. The normalized spacial score (nSPS) is 18.0. The molecule has 0 aliphatic carbocycles. The van der Waals surface area contributed by atoms with Crippen molar-refractivity contribution in [3.63, 3.8) is 0 Å². The van der Waals surface area contributed by atoms with Gasteiger partial charge in [0.2, 0.25) is 11.8 Å². The van der Waals surface area contributed by atoms with Gasteiger partial charge in [0.1, 0.15) is 11.9 Å². The molecule has 0 saturated carbocycles. The zero-order chi connectivity index (χ0) is 17.9. The second-order valence-electron chi connectivity index (χ2n) is 6.79. The summed E-state index contributed by atoms with van der Waals surface area (Å²) in [5.41, 5.74) is 2.43. The minimum absolute atomic E-state index is 0.0221. The van der Waals surface area contributed by atoms with Crippen LogP contribution in [-0.4, -0.2) is 35.9 Å². The first-order valence-corrected chi connectivity index (χ1v) is 9.91. The number of fused-ring (bicyclic) bond motifs is 2. The van der Waals surface area contributed by atoms with E-state index in [0.29, 0.717) is 13.1 Å². The Kier molecular flexibility index (Phi) is 4.93. The zero-order valence-corrected chi connectivity index (χ0v) is 15.4. The van der Waals surface area contributed by atoms with Crippen molar-refractivity contribution in [2.75, 3.05) is 13.1 Å². The van der Waals surface area contributed by atoms with Crippen LogP contribution in [0.25, 0.3) is 0 Å². The Balaban J connectivity index is 1.18. The number of amides is 2. The molecule has 6 heteroatoms. The minimum atomic E-state index is -0.0915. The van der Waals surface area contributed by atoms with E-state index >= 15 is 0 Å². The molecule has 4 rings (SSSR count). The van der Waals surface area contributed by atoms with E-state index in [1.165, 1.54) is 16.0 Å². The lowest BCUT2D eigenvalue weighted by atomic mass is 10.1. The van der Waals surface area contributed by atoms with Gasteiger partial charge in [-0.05, 0) is 35.1 Å². The molecule has 1 atom stereocenters. The van der Waals surface area contributed by atoms with Crippen LogP contribution in [0.3, 0.4) is 0 Å². The third-order valence-electron chi connectivity index (χ3n) is 4.97. The molecule has 0 saturated heterocycles. The molecule has 5 nitrogen and oxygen atoms in total. The molecule has 0 bridgehead atoms. The summed E-state index contributed by atoms with van der Waals surface area (Å²) in [7, 11) is 0. The van der Waals surface area contributed by atoms with Crippen molar-refractivity contribution in [3.8, 4) is 5.75 Å². The van der Waals surface area contributed by atoms with Crippen LogP contribution in [0.4, 0.5) is 0 Å². The number of carbonyl (C=O) groups excluding carboxylic acids is 2. The summed E-state index contributed by atoms with van der Waals surface area (Å²) in [6.45, 7) is 1.90. The number of thiophene rings is 1. The molecule has 2 amide bonds. The topological polar surface area (TPSA) is 58.6 Å². The van der Waals surface area contributed by atoms with Crippen LogP contribution in [0.1, 0.15) is 28.8 Å². The summed E-state index contributed by atoms with van der Waals surface area (Å²) >= 11 is 1.76. The number of para-hydroxylation sites is 1. The lowest BCUT2D eigenvalue weighted by Crippen LogP contribution is -2.37. The van der Waals surface area contributed by atoms with Crippen LogP contribution >= 0.6 is 11.3 Å². The number of benzene rings is 1. The summed E-state index contributed by atoms with van der Waals surface area (Å²) in [6, 6.07) is 10.0. The third-order valence-corrected chi connectivity index (χ3v) is 5.99. The van der Waals surface area contributed by atoms with Gasteiger partial charge in [0.25, 0.3) is 0 Å². The monoisotopic (exact) mass is 370 g/mol. The Morgan fingerprint density at radius 3 is 2.96 bits per heavy atom. The number of nitrogens with one attached hydrogen (secondary N) is 1. The first-order valence-electron chi connectivity index (χ1n) is 9.03. The smallest absolute Gasteiger partial charge is 0.223 e. The number of hydrogen-bond donors (Lipinski definition) is 1. The fourth-order valence-corrected chi connectivity index (χ4v) is 4.41. The Morgan fingerprint density at radius 2 is 2.08 bits per heavy atom. The number of rotatable bonds is 5. The van der Waals surface area contributed by atoms with E-state index in [1.54, 1.807) is 11.3 Å². The van der Waals surface area contributed by atoms with Gasteiger partial charge in [-0.2, -0.15) is 0 Å². The van der Waals surface area contributed by atoms with E-state index in [0.717, 1.165) is 25.1 Å². The van der Waals surface area contributed by atoms with Crippen molar-refractivity contribution < 1.29 is 14.3 Å². The molecule has 1 N–H and O–H groups in total. The molecule has 1 aromatic heterocycles. The molecule has 0 fully saturated rings. The largest absolute Gasteiger partial charge is 0.488 e. The van der Waals surface area contributed by atoms with Gasteiger partial charge in [-0.25, -0.2) is 0 Å². The van der Waals surface area contributed by atoms with E-state index in [-0.39, 0.29) is 30.8 Å². The van der Waals surface area contributed by atoms with Crippen LogP contribution in [0.2, 0.25) is 0 Å². The fraction of sp³-hybridized carbons (Fsp3) is 0.400. The Morgan fingerprint density at radius 1 is 1.19 bits per heavy atom. The second kappa shape index (κ2) is 7.50. The molecule has 1 aromatic carbocycles. The highest BCUT2D eigenvalue weighted by atomic mass is 32.1. The quantitative estimate of drug-likeness (QED) is 0.880. The minimum Gasteiger partial charge on any atom is -0.488 e. The van der Waals surface area contributed by atoms with E-state index in [9.17, 15) is 9.59 Å². The predicted molar refractivity (Wildman–Crippen MR) is 100 cm³/mol. The van der Waals surface area contributed by atoms with Crippen LogP contribution in [0, 0.1) is 0 Å². The number of carbonyl (C=O) groups is 2. The highest BCUT2D eigenvalue weighted by molar-refractivity contribution is 7.10. The Bertz CT molecular complexity index is 792. The summed E-state index contributed by atoms with van der Waals surface area (Å²) in [5, 5.41) is 4.98. The molecule has 2 aromatic rings. The third kappa shape index (κ3) is 3.75. The van der Waals surface area contributed by atoms with Crippen molar-refractivity contribution in [1.82, 2.24) is 10.2 Å². The van der Waals surface area contributed by atoms with E-state index in [1.807, 2.05) is 29.2 Å². The number of hydrogen-bond acceptors (Lipinski definition) is 4. The number of nitrogens with zero attached hydrogens (tertiary/aromatic N) is 1. The van der Waals surface area contributed by atoms with Crippen LogP contribution in [0.5, 0.6) is 5.75 Å². The predicted octanol–water partition coefficient (Wildman–Crippen LogP) is 2.53. The van der Waals surface area contributed by atoms with Gasteiger partial charge >= 0.3 is 0 Å². The van der Waals surface area contributed by atoms with E-state index in [2.05, 4.69) is 16.8 Å².